The highest BCUT2D eigenvalue weighted by Crippen LogP contribution is 2.49. The number of hydrogen-bond acceptors (Lipinski definition) is 6. The summed E-state index contributed by atoms with van der Waals surface area (Å²) < 4.78 is 10.4. The van der Waals surface area contributed by atoms with Crippen LogP contribution in [0, 0.1) is 0 Å². The number of para-hydroxylation sites is 3. The third-order valence-corrected chi connectivity index (χ3v) is 11.4. The summed E-state index contributed by atoms with van der Waals surface area (Å²) in [6.07, 6.45) is 1.96. The fraction of sp³-hybridized carbons (Fsp3) is 0.119. The minimum Gasteiger partial charge on any atom is -0.447 e. The van der Waals surface area contributed by atoms with Crippen molar-refractivity contribution in [1.29, 1.82) is 0 Å². The number of fused-ring (bicyclic) bond motifs is 5. The van der Waals surface area contributed by atoms with Gasteiger partial charge in [-0.1, -0.05) is 86.7 Å². The average molecular weight is 660 g/mol. The van der Waals surface area contributed by atoms with Crippen LogP contribution in [0.2, 0.25) is 0 Å². The molecule has 0 unspecified atom stereocenters. The summed E-state index contributed by atoms with van der Waals surface area (Å²) in [7, 11) is 0. The van der Waals surface area contributed by atoms with E-state index in [-0.39, 0.29) is 5.41 Å². The zero-order chi connectivity index (χ0) is 32.4. The Kier molecular flexibility index (Phi) is 6.78. The fourth-order valence-corrected chi connectivity index (χ4v) is 8.99. The predicted molar refractivity (Wildman–Crippen MR) is 205 cm³/mol. The standard InChI is InChI=1S/C42H33N3OS2/c1-42(2,3)27-20-21-43-34(22-27)40-33-25-39(47-38(33)24-32-31-16-7-10-19-37(31)48-41(32)40)46-30-15-11-14-29(23-30)45-26-44(28-12-5-4-6-13-28)35-17-8-9-18-36(35)45/h4-25H,26H2,1-3H3. The molecule has 4 nitrogen and oxygen atoms in total. The molecule has 48 heavy (non-hydrogen) atoms. The van der Waals surface area contributed by atoms with Crippen LogP contribution in [0.3, 0.4) is 0 Å². The summed E-state index contributed by atoms with van der Waals surface area (Å²) in [6, 6.07) is 45.3. The van der Waals surface area contributed by atoms with Gasteiger partial charge < -0.3 is 14.5 Å². The van der Waals surface area contributed by atoms with Gasteiger partial charge in [-0.3, -0.25) is 4.98 Å². The van der Waals surface area contributed by atoms with Gasteiger partial charge in [0.05, 0.1) is 17.1 Å². The van der Waals surface area contributed by atoms with E-state index in [2.05, 4.69) is 152 Å². The maximum absolute atomic E-state index is 6.68. The van der Waals surface area contributed by atoms with Crippen molar-refractivity contribution in [2.45, 2.75) is 26.2 Å². The summed E-state index contributed by atoms with van der Waals surface area (Å²) >= 11 is 3.54. The van der Waals surface area contributed by atoms with Crippen LogP contribution in [0.4, 0.5) is 22.7 Å². The SMILES string of the molecule is CC(C)(C)c1ccnc(-c2c3cc(Oc4cccc(N5CN(c6ccccc6)c6ccccc65)c4)sc3cc3c2sc2ccccc23)c1. The zero-order valence-corrected chi connectivity index (χ0v) is 28.6. The largest absolute Gasteiger partial charge is 0.447 e. The van der Waals surface area contributed by atoms with E-state index in [0.29, 0.717) is 0 Å². The van der Waals surface area contributed by atoms with E-state index in [1.54, 1.807) is 11.3 Å². The van der Waals surface area contributed by atoms with E-state index < -0.39 is 0 Å². The molecule has 4 heterocycles. The molecular weight excluding hydrogens is 627 g/mol. The number of ether oxygens (including phenoxy) is 1. The maximum Gasteiger partial charge on any atom is 0.182 e. The number of rotatable bonds is 5. The minimum atomic E-state index is 0.0206. The predicted octanol–water partition coefficient (Wildman–Crippen LogP) is 12.7. The molecule has 0 radical (unpaired) electrons. The van der Waals surface area contributed by atoms with Crippen LogP contribution in [-0.2, 0) is 5.41 Å². The smallest absolute Gasteiger partial charge is 0.182 e. The van der Waals surface area contributed by atoms with E-state index in [4.69, 9.17) is 9.72 Å². The molecule has 8 aromatic rings. The fourth-order valence-electron chi connectivity index (χ4n) is 6.77. The third-order valence-electron chi connectivity index (χ3n) is 9.19. The average Bonchev–Trinajstić information content (AvgIpc) is 3.80. The summed E-state index contributed by atoms with van der Waals surface area (Å²) in [6.45, 7) is 7.50. The first-order chi connectivity index (χ1) is 23.4. The van der Waals surface area contributed by atoms with Gasteiger partial charge in [-0.25, -0.2) is 0 Å². The second-order valence-corrected chi connectivity index (χ2v) is 15.4. The summed E-state index contributed by atoms with van der Waals surface area (Å²) in [4.78, 5) is 9.66. The van der Waals surface area contributed by atoms with Crippen molar-refractivity contribution >= 4 is 75.7 Å². The van der Waals surface area contributed by atoms with E-state index in [9.17, 15) is 0 Å². The third kappa shape index (κ3) is 4.91. The molecule has 0 spiro atoms. The quantitative estimate of drug-likeness (QED) is 0.184. The molecule has 9 rings (SSSR count). The van der Waals surface area contributed by atoms with Gasteiger partial charge in [-0.05, 0) is 71.6 Å². The Morgan fingerprint density at radius 2 is 1.35 bits per heavy atom. The lowest BCUT2D eigenvalue weighted by Gasteiger charge is -2.22. The molecule has 234 valence electrons. The van der Waals surface area contributed by atoms with Crippen LogP contribution >= 0.6 is 22.7 Å². The lowest BCUT2D eigenvalue weighted by atomic mass is 9.86. The van der Waals surface area contributed by atoms with Gasteiger partial charge in [0, 0.05) is 65.5 Å². The molecule has 0 amide bonds. The minimum absolute atomic E-state index is 0.0206. The molecule has 0 bridgehead atoms. The Morgan fingerprint density at radius 1 is 0.625 bits per heavy atom. The first-order valence-electron chi connectivity index (χ1n) is 16.2. The number of hydrogen-bond donors (Lipinski definition) is 0. The molecule has 1 aliphatic rings. The van der Waals surface area contributed by atoms with Crippen LogP contribution < -0.4 is 14.5 Å². The maximum atomic E-state index is 6.68. The Morgan fingerprint density at radius 3 is 2.17 bits per heavy atom. The van der Waals surface area contributed by atoms with Crippen molar-refractivity contribution in [2.24, 2.45) is 0 Å². The lowest BCUT2D eigenvalue weighted by molar-refractivity contribution is 0.497. The molecule has 5 aromatic carbocycles. The first-order valence-corrected chi connectivity index (χ1v) is 17.9. The van der Waals surface area contributed by atoms with Crippen LogP contribution in [-0.4, -0.2) is 11.7 Å². The molecule has 0 aliphatic carbocycles. The highest BCUT2D eigenvalue weighted by molar-refractivity contribution is 7.27. The van der Waals surface area contributed by atoms with Crippen LogP contribution in [0.5, 0.6) is 10.8 Å². The molecule has 1 aliphatic heterocycles. The van der Waals surface area contributed by atoms with Crippen LogP contribution in [0.25, 0.3) is 41.5 Å². The van der Waals surface area contributed by atoms with Gasteiger partial charge in [0.15, 0.2) is 5.06 Å². The van der Waals surface area contributed by atoms with Crippen molar-refractivity contribution in [2.75, 3.05) is 16.5 Å². The van der Waals surface area contributed by atoms with Gasteiger partial charge >= 0.3 is 0 Å². The monoisotopic (exact) mass is 659 g/mol. The highest BCUT2D eigenvalue weighted by Gasteiger charge is 2.28. The number of thiophene rings is 2. The Bertz CT molecular complexity index is 2470. The molecule has 6 heteroatoms. The van der Waals surface area contributed by atoms with Gasteiger partial charge in [0.1, 0.15) is 12.4 Å². The molecule has 0 saturated heterocycles. The van der Waals surface area contributed by atoms with Gasteiger partial charge in [-0.15, -0.1) is 11.3 Å². The van der Waals surface area contributed by atoms with Gasteiger partial charge in [-0.2, -0.15) is 0 Å². The number of nitrogens with zero attached hydrogens (tertiary/aromatic N) is 3. The number of aromatic nitrogens is 1. The van der Waals surface area contributed by atoms with E-state index in [1.165, 1.54) is 58.4 Å². The summed E-state index contributed by atoms with van der Waals surface area (Å²) in [5.74, 6) is 0.816. The highest BCUT2D eigenvalue weighted by atomic mass is 32.1. The van der Waals surface area contributed by atoms with Crippen molar-refractivity contribution in [3.05, 3.63) is 139 Å². The Labute approximate surface area is 288 Å². The Hall–Kier alpha value is -5.17. The molecule has 0 N–H and O–H groups in total. The second-order valence-electron chi connectivity index (χ2n) is 13.3. The molecular formula is C42H33N3OS2. The first kappa shape index (κ1) is 29.0. The van der Waals surface area contributed by atoms with Crippen molar-refractivity contribution in [3.63, 3.8) is 0 Å². The van der Waals surface area contributed by atoms with E-state index >= 15 is 0 Å². The van der Waals surface area contributed by atoms with Crippen molar-refractivity contribution in [1.82, 2.24) is 4.98 Å². The topological polar surface area (TPSA) is 28.6 Å². The number of pyridine rings is 1. The molecule has 0 saturated carbocycles. The molecule has 0 fully saturated rings. The normalized spacial score (nSPS) is 13.1. The summed E-state index contributed by atoms with van der Waals surface area (Å²) in [5, 5.41) is 4.60. The zero-order valence-electron chi connectivity index (χ0n) is 27.0. The van der Waals surface area contributed by atoms with Crippen LogP contribution in [0.15, 0.2) is 134 Å². The second kappa shape index (κ2) is 11.2. The lowest BCUT2D eigenvalue weighted by Crippen LogP contribution is -2.23. The van der Waals surface area contributed by atoms with E-state index in [1.807, 2.05) is 23.6 Å². The summed E-state index contributed by atoms with van der Waals surface area (Å²) in [5.41, 5.74) is 8.14. The van der Waals surface area contributed by atoms with Crippen molar-refractivity contribution < 1.29 is 4.74 Å². The van der Waals surface area contributed by atoms with Crippen LogP contribution in [0.1, 0.15) is 26.3 Å². The Balaban J connectivity index is 1.12. The molecule has 0 atom stereocenters. The number of anilines is 4. The van der Waals surface area contributed by atoms with Gasteiger partial charge in [0.25, 0.3) is 0 Å². The number of benzene rings is 5. The van der Waals surface area contributed by atoms with Gasteiger partial charge in [0.2, 0.25) is 0 Å². The van der Waals surface area contributed by atoms with Crippen molar-refractivity contribution in [3.8, 4) is 22.1 Å². The molecule has 3 aromatic heterocycles. The van der Waals surface area contributed by atoms with E-state index in [0.717, 1.165) is 28.9 Å².